The van der Waals surface area contributed by atoms with Gasteiger partial charge in [-0.25, -0.2) is 0 Å². The van der Waals surface area contributed by atoms with Gasteiger partial charge in [-0.2, -0.15) is 0 Å². The van der Waals surface area contributed by atoms with Crippen LogP contribution >= 0.6 is 0 Å². The summed E-state index contributed by atoms with van der Waals surface area (Å²) in [5.41, 5.74) is 0. The molecule has 6 nitrogen and oxygen atoms in total. The average molecular weight is 218 g/mol. The molecule has 86 valence electrons. The lowest BCUT2D eigenvalue weighted by atomic mass is 10.1. The van der Waals surface area contributed by atoms with E-state index in [-0.39, 0.29) is 13.2 Å². The van der Waals surface area contributed by atoms with Gasteiger partial charge in [-0.3, -0.25) is 9.59 Å². The maximum absolute atomic E-state index is 10.8. The number of hydrogen-bond donors (Lipinski definition) is 1. The fraction of sp³-hybridized carbons (Fsp3) is 0.778. The summed E-state index contributed by atoms with van der Waals surface area (Å²) >= 11 is 0. The normalized spacial score (nSPS) is 29.9. The Bertz CT molecular complexity index is 251. The van der Waals surface area contributed by atoms with Gasteiger partial charge in [-0.15, -0.1) is 0 Å². The molecular formula is C9H14O6. The number of ether oxygens (including phenoxy) is 3. The molecule has 0 aromatic rings. The van der Waals surface area contributed by atoms with Crippen molar-refractivity contribution < 1.29 is 28.9 Å². The fourth-order valence-corrected chi connectivity index (χ4v) is 1.46. The van der Waals surface area contributed by atoms with Crippen molar-refractivity contribution in [3.63, 3.8) is 0 Å². The lowest BCUT2D eigenvalue weighted by Crippen LogP contribution is -2.38. The average Bonchev–Trinajstić information content (AvgIpc) is 2.47. The SMILES string of the molecule is CC(=O)OC1CO[C@H](CO)C1OC(C)=O. The molecule has 0 radical (unpaired) electrons. The van der Waals surface area contributed by atoms with Crippen LogP contribution in [0.4, 0.5) is 0 Å². The van der Waals surface area contributed by atoms with Gasteiger partial charge in [-0.05, 0) is 0 Å². The van der Waals surface area contributed by atoms with Crippen molar-refractivity contribution in [1.82, 2.24) is 0 Å². The summed E-state index contributed by atoms with van der Waals surface area (Å²) in [5.74, 6) is -0.972. The predicted molar refractivity (Wildman–Crippen MR) is 47.9 cm³/mol. The number of aliphatic hydroxyl groups is 1. The highest BCUT2D eigenvalue weighted by atomic mass is 16.6. The van der Waals surface area contributed by atoms with Crippen molar-refractivity contribution in [2.24, 2.45) is 0 Å². The Kier molecular flexibility index (Phi) is 4.05. The standard InChI is InChI=1S/C9H14O6/c1-5(11)14-8-4-13-7(3-10)9(8)15-6(2)12/h7-10H,3-4H2,1-2H3/t7-,8?,9?/m1/s1. The molecule has 0 aromatic carbocycles. The predicted octanol–water partition coefficient (Wildman–Crippen LogP) is -0.759. The van der Waals surface area contributed by atoms with Gasteiger partial charge in [0.05, 0.1) is 13.2 Å². The first-order valence-electron chi connectivity index (χ1n) is 4.61. The number of esters is 2. The van der Waals surface area contributed by atoms with Crippen molar-refractivity contribution in [2.75, 3.05) is 13.2 Å². The third-order valence-corrected chi connectivity index (χ3v) is 2.01. The monoisotopic (exact) mass is 218 g/mol. The highest BCUT2D eigenvalue weighted by Gasteiger charge is 2.41. The zero-order valence-corrected chi connectivity index (χ0v) is 8.63. The van der Waals surface area contributed by atoms with Crippen LogP contribution in [0.15, 0.2) is 0 Å². The van der Waals surface area contributed by atoms with Crippen molar-refractivity contribution in [3.8, 4) is 0 Å². The molecule has 3 atom stereocenters. The third kappa shape index (κ3) is 3.17. The summed E-state index contributed by atoms with van der Waals surface area (Å²) in [4.78, 5) is 21.5. The highest BCUT2D eigenvalue weighted by molar-refractivity contribution is 5.67. The lowest BCUT2D eigenvalue weighted by Gasteiger charge is -2.20. The second-order valence-corrected chi connectivity index (χ2v) is 3.28. The molecule has 1 fully saturated rings. The summed E-state index contributed by atoms with van der Waals surface area (Å²) in [6.07, 6.45) is -1.99. The van der Waals surface area contributed by atoms with E-state index < -0.39 is 30.3 Å². The van der Waals surface area contributed by atoms with Crippen LogP contribution in [0.3, 0.4) is 0 Å². The summed E-state index contributed by atoms with van der Waals surface area (Å²) in [7, 11) is 0. The molecule has 2 unspecified atom stereocenters. The number of carbonyl (C=O) groups is 2. The lowest BCUT2D eigenvalue weighted by molar-refractivity contribution is -0.163. The minimum atomic E-state index is -0.726. The summed E-state index contributed by atoms with van der Waals surface area (Å²) in [6.45, 7) is 2.35. The molecule has 15 heavy (non-hydrogen) atoms. The topological polar surface area (TPSA) is 82.1 Å². The highest BCUT2D eigenvalue weighted by Crippen LogP contribution is 2.20. The van der Waals surface area contributed by atoms with Crippen molar-refractivity contribution in [3.05, 3.63) is 0 Å². The smallest absolute Gasteiger partial charge is 0.303 e. The fourth-order valence-electron chi connectivity index (χ4n) is 1.46. The second kappa shape index (κ2) is 5.09. The number of rotatable bonds is 3. The Balaban J connectivity index is 2.62. The number of hydrogen-bond acceptors (Lipinski definition) is 6. The molecule has 6 heteroatoms. The van der Waals surface area contributed by atoms with Crippen LogP contribution in [0.2, 0.25) is 0 Å². The minimum Gasteiger partial charge on any atom is -0.456 e. The second-order valence-electron chi connectivity index (χ2n) is 3.28. The third-order valence-electron chi connectivity index (χ3n) is 2.01. The van der Waals surface area contributed by atoms with Crippen LogP contribution in [0.25, 0.3) is 0 Å². The zero-order valence-electron chi connectivity index (χ0n) is 8.63. The first kappa shape index (κ1) is 11.9. The number of aliphatic hydroxyl groups excluding tert-OH is 1. The molecule has 0 aliphatic carbocycles. The summed E-state index contributed by atoms with van der Waals surface area (Å²) in [5, 5.41) is 8.94. The van der Waals surface area contributed by atoms with Gasteiger partial charge in [0.2, 0.25) is 0 Å². The van der Waals surface area contributed by atoms with Gasteiger partial charge >= 0.3 is 11.9 Å². The van der Waals surface area contributed by atoms with Gasteiger partial charge in [0, 0.05) is 13.8 Å². The van der Waals surface area contributed by atoms with Gasteiger partial charge in [0.1, 0.15) is 6.10 Å². The molecule has 1 rings (SSSR count). The van der Waals surface area contributed by atoms with E-state index in [2.05, 4.69) is 0 Å². The maximum atomic E-state index is 10.8. The molecular weight excluding hydrogens is 204 g/mol. The molecule has 0 saturated carbocycles. The molecule has 0 spiro atoms. The van der Waals surface area contributed by atoms with E-state index in [9.17, 15) is 9.59 Å². The van der Waals surface area contributed by atoms with Gasteiger partial charge in [0.15, 0.2) is 12.2 Å². The van der Waals surface area contributed by atoms with Gasteiger partial charge in [0.25, 0.3) is 0 Å². The van der Waals surface area contributed by atoms with Crippen LogP contribution in [-0.4, -0.2) is 48.6 Å². The Morgan fingerprint density at radius 2 is 1.93 bits per heavy atom. The number of carbonyl (C=O) groups excluding carboxylic acids is 2. The first-order valence-corrected chi connectivity index (χ1v) is 4.61. The maximum Gasteiger partial charge on any atom is 0.303 e. The summed E-state index contributed by atoms with van der Waals surface area (Å²) < 4.78 is 15.0. The molecule has 1 aliphatic heterocycles. The Morgan fingerprint density at radius 1 is 1.33 bits per heavy atom. The van der Waals surface area contributed by atoms with E-state index in [0.29, 0.717) is 0 Å². The van der Waals surface area contributed by atoms with Crippen molar-refractivity contribution in [2.45, 2.75) is 32.2 Å². The Hall–Kier alpha value is -1.14. The zero-order chi connectivity index (χ0) is 11.4. The van der Waals surface area contributed by atoms with E-state index in [1.54, 1.807) is 0 Å². The Morgan fingerprint density at radius 3 is 2.40 bits per heavy atom. The quantitative estimate of drug-likeness (QED) is 0.627. The van der Waals surface area contributed by atoms with E-state index in [1.807, 2.05) is 0 Å². The van der Waals surface area contributed by atoms with E-state index in [4.69, 9.17) is 19.3 Å². The molecule has 0 aromatic heterocycles. The summed E-state index contributed by atoms with van der Waals surface area (Å²) in [6, 6.07) is 0. The van der Waals surface area contributed by atoms with Gasteiger partial charge in [-0.1, -0.05) is 0 Å². The largest absolute Gasteiger partial charge is 0.456 e. The first-order chi connectivity index (χ1) is 7.04. The molecule has 1 heterocycles. The molecule has 0 amide bonds. The Labute approximate surface area is 87.1 Å². The molecule has 0 bridgehead atoms. The molecule has 1 saturated heterocycles. The van der Waals surface area contributed by atoms with Crippen molar-refractivity contribution in [1.29, 1.82) is 0 Å². The molecule has 1 aliphatic rings. The van der Waals surface area contributed by atoms with Crippen LogP contribution in [-0.2, 0) is 23.8 Å². The van der Waals surface area contributed by atoms with Crippen LogP contribution in [0, 0.1) is 0 Å². The minimum absolute atomic E-state index is 0.128. The van der Waals surface area contributed by atoms with E-state index in [0.717, 1.165) is 0 Å². The van der Waals surface area contributed by atoms with Crippen LogP contribution < -0.4 is 0 Å². The van der Waals surface area contributed by atoms with E-state index in [1.165, 1.54) is 13.8 Å². The van der Waals surface area contributed by atoms with Crippen LogP contribution in [0.1, 0.15) is 13.8 Å². The molecule has 1 N–H and O–H groups in total. The van der Waals surface area contributed by atoms with Crippen LogP contribution in [0.5, 0.6) is 0 Å². The van der Waals surface area contributed by atoms with Gasteiger partial charge < -0.3 is 19.3 Å². The van der Waals surface area contributed by atoms with Crippen molar-refractivity contribution >= 4 is 11.9 Å². The van der Waals surface area contributed by atoms with E-state index >= 15 is 0 Å².